The minimum atomic E-state index is -1.14. The monoisotopic (exact) mass is 257 g/mol. The summed E-state index contributed by atoms with van der Waals surface area (Å²) < 4.78 is 13.7. The number of pyridine rings is 1. The van der Waals surface area contributed by atoms with Gasteiger partial charge in [0.1, 0.15) is 5.82 Å². The smallest absolute Gasteiger partial charge is 0.337 e. The first-order valence-electron chi connectivity index (χ1n) is 5.26. The fourth-order valence-electron chi connectivity index (χ4n) is 1.51. The van der Waals surface area contributed by atoms with Gasteiger partial charge in [0.05, 0.1) is 34.8 Å². The maximum atomic E-state index is 13.7. The lowest BCUT2D eigenvalue weighted by Crippen LogP contribution is -2.04. The summed E-state index contributed by atoms with van der Waals surface area (Å²) in [4.78, 5) is 14.8. The van der Waals surface area contributed by atoms with Crippen molar-refractivity contribution >= 4 is 17.3 Å². The first-order chi connectivity index (χ1) is 9.11. The summed E-state index contributed by atoms with van der Waals surface area (Å²) in [7, 11) is 0. The number of hydrogen-bond donors (Lipinski definition) is 2. The van der Waals surface area contributed by atoms with Gasteiger partial charge in [-0.05, 0) is 24.3 Å². The average molecular weight is 257 g/mol. The van der Waals surface area contributed by atoms with E-state index in [1.807, 2.05) is 6.07 Å². The van der Waals surface area contributed by atoms with E-state index in [0.29, 0.717) is 0 Å². The predicted molar refractivity (Wildman–Crippen MR) is 65.6 cm³/mol. The molecule has 0 spiro atoms. The number of halogens is 1. The van der Waals surface area contributed by atoms with Crippen molar-refractivity contribution in [1.82, 2.24) is 4.98 Å². The maximum absolute atomic E-state index is 13.7. The molecule has 0 radical (unpaired) electrons. The Kier molecular flexibility index (Phi) is 3.39. The number of carboxylic acid groups (broad SMARTS) is 1. The second kappa shape index (κ2) is 5.14. The molecule has 2 N–H and O–H groups in total. The van der Waals surface area contributed by atoms with Crippen molar-refractivity contribution < 1.29 is 14.3 Å². The van der Waals surface area contributed by atoms with Crippen LogP contribution in [0.15, 0.2) is 36.7 Å². The van der Waals surface area contributed by atoms with Crippen LogP contribution in [-0.4, -0.2) is 16.1 Å². The van der Waals surface area contributed by atoms with E-state index in [4.69, 9.17) is 10.4 Å². The van der Waals surface area contributed by atoms with E-state index in [1.54, 1.807) is 0 Å². The molecule has 6 heteroatoms. The van der Waals surface area contributed by atoms with Crippen LogP contribution < -0.4 is 5.32 Å². The number of benzene rings is 1. The highest BCUT2D eigenvalue weighted by atomic mass is 19.1. The topological polar surface area (TPSA) is 86.0 Å². The number of carboxylic acids is 1. The fourth-order valence-corrected chi connectivity index (χ4v) is 1.51. The van der Waals surface area contributed by atoms with E-state index < -0.39 is 11.8 Å². The normalized spacial score (nSPS) is 9.68. The summed E-state index contributed by atoms with van der Waals surface area (Å²) in [5.41, 5.74) is 0.430. The zero-order valence-electron chi connectivity index (χ0n) is 9.59. The fraction of sp³-hybridized carbons (Fsp3) is 0. The van der Waals surface area contributed by atoms with Crippen LogP contribution in [0.25, 0.3) is 0 Å². The highest BCUT2D eigenvalue weighted by Gasteiger charge is 2.11. The van der Waals surface area contributed by atoms with Gasteiger partial charge in [-0.3, -0.25) is 4.98 Å². The van der Waals surface area contributed by atoms with Crippen LogP contribution in [0, 0.1) is 17.1 Å². The van der Waals surface area contributed by atoms with Gasteiger partial charge in [-0.25, -0.2) is 9.18 Å². The molecule has 2 rings (SSSR count). The lowest BCUT2D eigenvalue weighted by molar-refractivity contribution is 0.0698. The Balaban J connectivity index is 2.37. The molecule has 1 aromatic carbocycles. The number of hydrogen-bond acceptors (Lipinski definition) is 4. The molecule has 2 aromatic rings. The van der Waals surface area contributed by atoms with Crippen molar-refractivity contribution in [3.05, 3.63) is 53.6 Å². The number of carbonyl (C=O) groups is 1. The van der Waals surface area contributed by atoms with Crippen LogP contribution in [0.3, 0.4) is 0 Å². The Labute approximate surface area is 108 Å². The minimum Gasteiger partial charge on any atom is -0.478 e. The van der Waals surface area contributed by atoms with E-state index in [2.05, 4.69) is 10.3 Å². The van der Waals surface area contributed by atoms with Crippen LogP contribution in [0.1, 0.15) is 15.9 Å². The predicted octanol–water partition coefficient (Wildman–Crippen LogP) is 2.53. The number of anilines is 2. The lowest BCUT2D eigenvalue weighted by Gasteiger charge is -2.09. The molecule has 0 aliphatic rings. The molecule has 0 saturated carbocycles. The Morgan fingerprint density at radius 1 is 1.37 bits per heavy atom. The third-order valence-corrected chi connectivity index (χ3v) is 2.42. The van der Waals surface area contributed by atoms with E-state index in [-0.39, 0.29) is 22.5 Å². The van der Waals surface area contributed by atoms with Crippen molar-refractivity contribution in [2.75, 3.05) is 5.32 Å². The number of aromatic carboxylic acids is 1. The quantitative estimate of drug-likeness (QED) is 0.882. The molecule has 19 heavy (non-hydrogen) atoms. The van der Waals surface area contributed by atoms with Crippen LogP contribution in [0.2, 0.25) is 0 Å². The van der Waals surface area contributed by atoms with Crippen molar-refractivity contribution in [3.8, 4) is 6.07 Å². The first kappa shape index (κ1) is 12.5. The molecule has 1 heterocycles. The van der Waals surface area contributed by atoms with Gasteiger partial charge in [-0.15, -0.1) is 0 Å². The molecule has 0 fully saturated rings. The van der Waals surface area contributed by atoms with E-state index >= 15 is 0 Å². The molecule has 0 amide bonds. The Morgan fingerprint density at radius 3 is 2.79 bits per heavy atom. The highest BCUT2D eigenvalue weighted by molar-refractivity contribution is 5.94. The van der Waals surface area contributed by atoms with Gasteiger partial charge < -0.3 is 10.4 Å². The second-order valence-corrected chi connectivity index (χ2v) is 3.66. The Morgan fingerprint density at radius 2 is 2.16 bits per heavy atom. The van der Waals surface area contributed by atoms with Gasteiger partial charge >= 0.3 is 5.97 Å². The summed E-state index contributed by atoms with van der Waals surface area (Å²) >= 11 is 0. The SMILES string of the molecule is N#Cc1ccc(Nc2cnccc2C(=O)O)c(F)c1. The van der Waals surface area contributed by atoms with E-state index in [1.165, 1.54) is 30.6 Å². The van der Waals surface area contributed by atoms with Gasteiger partial charge in [0.15, 0.2) is 0 Å². The van der Waals surface area contributed by atoms with Gasteiger partial charge in [0.25, 0.3) is 0 Å². The van der Waals surface area contributed by atoms with E-state index in [9.17, 15) is 9.18 Å². The largest absolute Gasteiger partial charge is 0.478 e. The third-order valence-electron chi connectivity index (χ3n) is 2.42. The molecule has 0 unspecified atom stereocenters. The maximum Gasteiger partial charge on any atom is 0.337 e. The molecule has 0 saturated heterocycles. The number of nitrogens with one attached hydrogen (secondary N) is 1. The lowest BCUT2D eigenvalue weighted by atomic mass is 10.2. The molecule has 1 aromatic heterocycles. The molecular weight excluding hydrogens is 249 g/mol. The van der Waals surface area contributed by atoms with Crippen molar-refractivity contribution in [3.63, 3.8) is 0 Å². The molecule has 0 bridgehead atoms. The van der Waals surface area contributed by atoms with Crippen molar-refractivity contribution in [2.45, 2.75) is 0 Å². The first-order valence-corrected chi connectivity index (χ1v) is 5.26. The van der Waals surface area contributed by atoms with Crippen LogP contribution >= 0.6 is 0 Å². The zero-order chi connectivity index (χ0) is 13.8. The molecule has 0 aliphatic carbocycles. The number of nitrogens with zero attached hydrogens (tertiary/aromatic N) is 2. The third kappa shape index (κ3) is 2.66. The van der Waals surface area contributed by atoms with Crippen LogP contribution in [0.4, 0.5) is 15.8 Å². The minimum absolute atomic E-state index is 0.0150. The molecule has 94 valence electrons. The summed E-state index contributed by atoms with van der Waals surface area (Å²) in [6.07, 6.45) is 2.63. The van der Waals surface area contributed by atoms with Gasteiger partial charge in [0, 0.05) is 6.20 Å². The highest BCUT2D eigenvalue weighted by Crippen LogP contribution is 2.23. The molecular formula is C13H8FN3O2. The number of nitriles is 1. The molecule has 0 atom stereocenters. The Hall–Kier alpha value is -2.94. The Bertz CT molecular complexity index is 680. The standard InChI is InChI=1S/C13H8FN3O2/c14-10-5-8(6-15)1-2-11(10)17-12-7-16-4-3-9(12)13(18)19/h1-5,7,17H,(H,18,19). The van der Waals surface area contributed by atoms with E-state index in [0.717, 1.165) is 6.07 Å². The van der Waals surface area contributed by atoms with Gasteiger partial charge in [0.2, 0.25) is 0 Å². The molecule has 5 nitrogen and oxygen atoms in total. The average Bonchev–Trinajstić information content (AvgIpc) is 2.41. The van der Waals surface area contributed by atoms with Crippen LogP contribution in [0.5, 0.6) is 0 Å². The molecule has 0 aliphatic heterocycles. The number of aromatic nitrogens is 1. The zero-order valence-corrected chi connectivity index (χ0v) is 9.59. The van der Waals surface area contributed by atoms with Crippen LogP contribution in [-0.2, 0) is 0 Å². The second-order valence-electron chi connectivity index (χ2n) is 3.66. The summed E-state index contributed by atoms with van der Waals surface area (Å²) in [6.45, 7) is 0. The van der Waals surface area contributed by atoms with Crippen molar-refractivity contribution in [2.24, 2.45) is 0 Å². The summed E-state index contributed by atoms with van der Waals surface area (Å²) in [6, 6.07) is 6.99. The van der Waals surface area contributed by atoms with Crippen molar-refractivity contribution in [1.29, 1.82) is 5.26 Å². The number of rotatable bonds is 3. The van der Waals surface area contributed by atoms with Gasteiger partial charge in [-0.1, -0.05) is 0 Å². The van der Waals surface area contributed by atoms with Gasteiger partial charge in [-0.2, -0.15) is 5.26 Å². The summed E-state index contributed by atoms with van der Waals surface area (Å²) in [5.74, 6) is -1.78. The summed E-state index contributed by atoms with van der Waals surface area (Å²) in [5, 5.41) is 20.3.